The van der Waals surface area contributed by atoms with Gasteiger partial charge in [0.2, 0.25) is 11.6 Å². The number of carbonyl (C=O) groups is 2. The zero-order chi connectivity index (χ0) is 26.7. The van der Waals surface area contributed by atoms with E-state index in [-0.39, 0.29) is 51.3 Å². The van der Waals surface area contributed by atoms with E-state index in [1.807, 2.05) is 0 Å². The van der Waals surface area contributed by atoms with Crippen LogP contribution < -0.4 is 9.47 Å². The van der Waals surface area contributed by atoms with Crippen LogP contribution in [0.15, 0.2) is 72.8 Å². The number of benzene rings is 4. The molecule has 0 amide bonds. The van der Waals surface area contributed by atoms with Crippen LogP contribution >= 0.6 is 0 Å². The van der Waals surface area contributed by atoms with Gasteiger partial charge < -0.3 is 29.9 Å². The predicted octanol–water partition coefficient (Wildman–Crippen LogP) is 4.58. The van der Waals surface area contributed by atoms with Crippen molar-refractivity contribution in [3.05, 3.63) is 106 Å². The molecule has 4 aromatic rings. The number of carbonyl (C=O) groups excluding carboxylic acids is 2. The number of rotatable bonds is 8. The summed E-state index contributed by atoms with van der Waals surface area (Å²) in [6.07, 6.45) is -0.269. The van der Waals surface area contributed by atoms with Crippen molar-refractivity contribution in [2.45, 2.75) is 6.42 Å². The molecule has 0 unspecified atom stereocenters. The predicted molar refractivity (Wildman–Crippen MR) is 135 cm³/mol. The second-order valence-electron chi connectivity index (χ2n) is 8.17. The first kappa shape index (κ1) is 25.1. The van der Waals surface area contributed by atoms with Crippen molar-refractivity contribution in [3.63, 3.8) is 0 Å². The lowest BCUT2D eigenvalue weighted by molar-refractivity contribution is 0.102. The molecule has 0 spiro atoms. The minimum Gasteiger partial charge on any atom is -0.507 e. The van der Waals surface area contributed by atoms with Crippen LogP contribution in [0.4, 0.5) is 0 Å². The SMILES string of the molecule is COc1cc(O)c(C(=O)c2ccccc2)c(O)c1Cc1c(OC)cc(O)c(C(=O)c2ccccc2)c1O. The standard InChI is InChI=1S/C29H24O8/c1-36-22-14-20(30)24(26(32)16-9-5-3-6-10-16)28(34)18(22)13-19-23(37-2)15-21(31)25(29(19)35)27(33)17-11-7-4-8-12-17/h3-12,14-15,30-31,34-35H,13H2,1-2H3. The van der Waals surface area contributed by atoms with Gasteiger partial charge in [-0.3, -0.25) is 9.59 Å². The highest BCUT2D eigenvalue weighted by molar-refractivity contribution is 6.13. The minimum atomic E-state index is -0.624. The van der Waals surface area contributed by atoms with Crippen molar-refractivity contribution < 1.29 is 39.5 Å². The summed E-state index contributed by atoms with van der Waals surface area (Å²) >= 11 is 0. The molecule has 0 radical (unpaired) electrons. The highest BCUT2D eigenvalue weighted by Gasteiger charge is 2.29. The van der Waals surface area contributed by atoms with E-state index >= 15 is 0 Å². The lowest BCUT2D eigenvalue weighted by Gasteiger charge is -2.19. The Labute approximate surface area is 212 Å². The third kappa shape index (κ3) is 4.64. The van der Waals surface area contributed by atoms with E-state index in [9.17, 15) is 30.0 Å². The molecule has 188 valence electrons. The number of ether oxygens (including phenoxy) is 2. The van der Waals surface area contributed by atoms with Gasteiger partial charge in [0.1, 0.15) is 45.6 Å². The van der Waals surface area contributed by atoms with Gasteiger partial charge in [-0.15, -0.1) is 0 Å². The monoisotopic (exact) mass is 500 g/mol. The number of phenols is 4. The number of hydrogen-bond acceptors (Lipinski definition) is 8. The summed E-state index contributed by atoms with van der Waals surface area (Å²) in [6.45, 7) is 0. The average Bonchev–Trinajstić information content (AvgIpc) is 2.91. The first-order chi connectivity index (χ1) is 17.8. The van der Waals surface area contributed by atoms with Gasteiger partial charge in [-0.25, -0.2) is 0 Å². The maximum absolute atomic E-state index is 13.1. The largest absolute Gasteiger partial charge is 0.507 e. The normalized spacial score (nSPS) is 10.6. The van der Waals surface area contributed by atoms with Gasteiger partial charge in [0.05, 0.1) is 14.2 Å². The van der Waals surface area contributed by atoms with Crippen LogP contribution in [0, 0.1) is 0 Å². The molecular weight excluding hydrogens is 476 g/mol. The maximum atomic E-state index is 13.1. The highest BCUT2D eigenvalue weighted by Crippen LogP contribution is 2.45. The number of methoxy groups -OCH3 is 2. The number of aromatic hydroxyl groups is 4. The maximum Gasteiger partial charge on any atom is 0.200 e. The number of phenolic OH excluding ortho intramolecular Hbond substituents is 4. The summed E-state index contributed by atoms with van der Waals surface area (Å²) in [5.41, 5.74) is -0.108. The van der Waals surface area contributed by atoms with Crippen molar-refractivity contribution in [2.75, 3.05) is 14.2 Å². The van der Waals surface area contributed by atoms with Crippen molar-refractivity contribution in [3.8, 4) is 34.5 Å². The van der Waals surface area contributed by atoms with Crippen LogP contribution in [0.2, 0.25) is 0 Å². The van der Waals surface area contributed by atoms with Crippen LogP contribution in [0.25, 0.3) is 0 Å². The van der Waals surface area contributed by atoms with E-state index in [0.29, 0.717) is 0 Å². The Morgan fingerprint density at radius 3 is 1.30 bits per heavy atom. The molecule has 0 aromatic heterocycles. The zero-order valence-electron chi connectivity index (χ0n) is 20.1. The summed E-state index contributed by atoms with van der Waals surface area (Å²) in [4.78, 5) is 26.2. The molecular formula is C29H24O8. The van der Waals surface area contributed by atoms with Crippen LogP contribution in [0.3, 0.4) is 0 Å². The Kier molecular flexibility index (Phi) is 7.01. The Bertz CT molecular complexity index is 1360. The van der Waals surface area contributed by atoms with E-state index in [1.165, 1.54) is 26.4 Å². The summed E-state index contributed by atoms with van der Waals surface area (Å²) < 4.78 is 10.7. The topological polar surface area (TPSA) is 134 Å². The molecule has 8 heteroatoms. The summed E-state index contributed by atoms with van der Waals surface area (Å²) in [6, 6.07) is 18.6. The van der Waals surface area contributed by atoms with Crippen LogP contribution in [0.5, 0.6) is 34.5 Å². The quantitative estimate of drug-likeness (QED) is 0.258. The average molecular weight is 501 g/mol. The van der Waals surface area contributed by atoms with Crippen LogP contribution in [0.1, 0.15) is 43.0 Å². The smallest absolute Gasteiger partial charge is 0.200 e. The molecule has 0 atom stereocenters. The van der Waals surface area contributed by atoms with Gasteiger partial charge in [0.15, 0.2) is 0 Å². The van der Waals surface area contributed by atoms with Crippen LogP contribution in [-0.4, -0.2) is 46.2 Å². The van der Waals surface area contributed by atoms with E-state index in [4.69, 9.17) is 9.47 Å². The van der Waals surface area contributed by atoms with Crippen molar-refractivity contribution >= 4 is 11.6 Å². The molecule has 4 rings (SSSR count). The molecule has 0 aliphatic rings. The fourth-order valence-electron chi connectivity index (χ4n) is 4.14. The van der Waals surface area contributed by atoms with Crippen LogP contribution in [-0.2, 0) is 6.42 Å². The van der Waals surface area contributed by atoms with Gasteiger partial charge in [0.25, 0.3) is 0 Å². The third-order valence-corrected chi connectivity index (χ3v) is 6.01. The molecule has 37 heavy (non-hydrogen) atoms. The number of ketones is 2. The first-order valence-corrected chi connectivity index (χ1v) is 11.2. The second kappa shape index (κ2) is 10.3. The Balaban J connectivity index is 1.88. The molecule has 0 aliphatic heterocycles. The molecule has 0 saturated carbocycles. The number of hydrogen-bond donors (Lipinski definition) is 4. The molecule has 0 fully saturated rings. The zero-order valence-corrected chi connectivity index (χ0v) is 20.1. The third-order valence-electron chi connectivity index (χ3n) is 6.01. The fraction of sp³-hybridized carbons (Fsp3) is 0.103. The van der Waals surface area contributed by atoms with E-state index in [2.05, 4.69) is 0 Å². The van der Waals surface area contributed by atoms with Crippen molar-refractivity contribution in [2.24, 2.45) is 0 Å². The Hall–Kier alpha value is -4.98. The van der Waals surface area contributed by atoms with Gasteiger partial charge in [-0.1, -0.05) is 60.7 Å². The van der Waals surface area contributed by atoms with Gasteiger partial charge >= 0.3 is 0 Å². The fourth-order valence-corrected chi connectivity index (χ4v) is 4.14. The lowest BCUT2D eigenvalue weighted by Crippen LogP contribution is -2.08. The van der Waals surface area contributed by atoms with Gasteiger partial charge in [-0.2, -0.15) is 0 Å². The molecule has 0 heterocycles. The summed E-state index contributed by atoms with van der Waals surface area (Å²) in [7, 11) is 2.63. The van der Waals surface area contributed by atoms with Crippen molar-refractivity contribution in [1.29, 1.82) is 0 Å². The summed E-state index contributed by atoms with van der Waals surface area (Å²) in [5.74, 6) is -3.28. The molecule has 0 aliphatic carbocycles. The van der Waals surface area contributed by atoms with Gasteiger partial charge in [-0.05, 0) is 0 Å². The minimum absolute atomic E-state index is 0.0325. The Morgan fingerprint density at radius 2 is 0.973 bits per heavy atom. The first-order valence-electron chi connectivity index (χ1n) is 11.2. The molecule has 4 aromatic carbocycles. The highest BCUT2D eigenvalue weighted by atomic mass is 16.5. The molecule has 4 N–H and O–H groups in total. The lowest BCUT2D eigenvalue weighted by atomic mass is 9.92. The van der Waals surface area contributed by atoms with E-state index in [0.717, 1.165) is 0 Å². The van der Waals surface area contributed by atoms with Gasteiger partial charge in [0, 0.05) is 40.8 Å². The molecule has 8 nitrogen and oxygen atoms in total. The van der Waals surface area contributed by atoms with Crippen molar-refractivity contribution in [1.82, 2.24) is 0 Å². The summed E-state index contributed by atoms with van der Waals surface area (Å²) in [5, 5.41) is 43.4. The second-order valence-corrected chi connectivity index (χ2v) is 8.17. The molecule has 0 saturated heterocycles. The van der Waals surface area contributed by atoms with E-state index in [1.54, 1.807) is 60.7 Å². The Morgan fingerprint density at radius 1 is 0.622 bits per heavy atom. The van der Waals surface area contributed by atoms with E-state index < -0.39 is 34.6 Å². The molecule has 0 bridgehead atoms.